The summed E-state index contributed by atoms with van der Waals surface area (Å²) < 4.78 is 72.7. The minimum atomic E-state index is -4.71. The minimum Gasteiger partial charge on any atom is -0.356 e. The van der Waals surface area contributed by atoms with E-state index < -0.39 is 41.3 Å². The first kappa shape index (κ1) is 21.2. The molecule has 1 aromatic heterocycles. The van der Waals surface area contributed by atoms with Crippen LogP contribution in [0, 0.1) is 11.6 Å². The average Bonchev–Trinajstić information content (AvgIpc) is 2.96. The van der Waals surface area contributed by atoms with Crippen molar-refractivity contribution in [3.63, 3.8) is 0 Å². The largest absolute Gasteiger partial charge is 0.421 e. The van der Waals surface area contributed by atoms with Gasteiger partial charge >= 0.3 is 6.18 Å². The van der Waals surface area contributed by atoms with Crippen LogP contribution >= 0.6 is 0 Å². The number of benzene rings is 1. The Balaban J connectivity index is 1.55. The smallest absolute Gasteiger partial charge is 0.356 e. The highest BCUT2D eigenvalue weighted by atomic mass is 19.4. The molecule has 2 aliphatic rings. The predicted octanol–water partition coefficient (Wildman–Crippen LogP) is 3.35. The number of fused-ring (bicyclic) bond motifs is 2. The van der Waals surface area contributed by atoms with Crippen LogP contribution in [0.4, 0.5) is 27.6 Å². The molecular formula is C20H16F5N3O3. The summed E-state index contributed by atoms with van der Waals surface area (Å²) in [5, 5.41) is 4.71. The lowest BCUT2D eigenvalue weighted by molar-refractivity contribution is -0.272. The number of hydrogen-bond acceptors (Lipinski definition) is 4. The lowest BCUT2D eigenvalue weighted by atomic mass is 9.94. The molecule has 6 nitrogen and oxygen atoms in total. The number of hydrogen-bond donors (Lipinski definition) is 2. The molecule has 2 amide bonds. The van der Waals surface area contributed by atoms with Crippen molar-refractivity contribution in [3.8, 4) is 0 Å². The van der Waals surface area contributed by atoms with Crippen LogP contribution in [0.25, 0.3) is 0 Å². The minimum absolute atomic E-state index is 0.0295. The number of halogens is 5. The van der Waals surface area contributed by atoms with E-state index in [-0.39, 0.29) is 47.5 Å². The molecule has 164 valence electrons. The van der Waals surface area contributed by atoms with Gasteiger partial charge in [-0.2, -0.15) is 13.2 Å². The van der Waals surface area contributed by atoms with Gasteiger partial charge in [0.05, 0.1) is 12.3 Å². The fraction of sp³-hybridized carbons (Fsp3) is 0.350. The molecule has 2 aromatic rings. The molecule has 3 heterocycles. The molecule has 0 unspecified atom stereocenters. The SMILES string of the molecule is C[C@@]1(C(F)(F)F)OCc2cnc(C(=O)N[C@H]3CCc4cc(F)cc(F)c4NC3=O)cc21. The van der Waals surface area contributed by atoms with Crippen LogP contribution in [-0.2, 0) is 28.2 Å². The van der Waals surface area contributed by atoms with Crippen LogP contribution in [0.5, 0.6) is 0 Å². The molecule has 0 saturated carbocycles. The summed E-state index contributed by atoms with van der Waals surface area (Å²) in [4.78, 5) is 28.9. The van der Waals surface area contributed by atoms with Gasteiger partial charge in [-0.3, -0.25) is 14.6 Å². The van der Waals surface area contributed by atoms with Crippen LogP contribution in [-0.4, -0.2) is 29.0 Å². The van der Waals surface area contributed by atoms with E-state index in [4.69, 9.17) is 4.74 Å². The number of aromatic nitrogens is 1. The number of carbonyl (C=O) groups excluding carboxylic acids is 2. The van der Waals surface area contributed by atoms with Crippen LogP contribution in [0.2, 0.25) is 0 Å². The Morgan fingerprint density at radius 1 is 1.26 bits per heavy atom. The van der Waals surface area contributed by atoms with Gasteiger partial charge in [-0.1, -0.05) is 0 Å². The second-order valence-corrected chi connectivity index (χ2v) is 7.52. The molecule has 1 aromatic carbocycles. The molecule has 31 heavy (non-hydrogen) atoms. The first-order valence-corrected chi connectivity index (χ1v) is 9.29. The fourth-order valence-corrected chi connectivity index (χ4v) is 3.68. The molecule has 2 aliphatic heterocycles. The zero-order chi connectivity index (χ0) is 22.6. The van der Waals surface area contributed by atoms with Crippen LogP contribution < -0.4 is 10.6 Å². The molecular weight excluding hydrogens is 425 g/mol. The van der Waals surface area contributed by atoms with E-state index in [1.807, 2.05) is 0 Å². The highest BCUT2D eigenvalue weighted by Gasteiger charge is 2.57. The Morgan fingerprint density at radius 3 is 2.71 bits per heavy atom. The Morgan fingerprint density at radius 2 is 2.00 bits per heavy atom. The second kappa shape index (κ2) is 7.26. The molecule has 0 radical (unpaired) electrons. The molecule has 11 heteroatoms. The maximum absolute atomic E-state index is 14.0. The number of alkyl halides is 3. The number of pyridine rings is 1. The average molecular weight is 441 g/mol. The lowest BCUT2D eigenvalue weighted by Gasteiger charge is -2.27. The van der Waals surface area contributed by atoms with Gasteiger partial charge in [-0.25, -0.2) is 8.78 Å². The van der Waals surface area contributed by atoms with Crippen molar-refractivity contribution < 1.29 is 36.3 Å². The number of nitrogens with one attached hydrogen (secondary N) is 2. The molecule has 4 rings (SSSR count). The third-order valence-electron chi connectivity index (χ3n) is 5.50. The van der Waals surface area contributed by atoms with Crippen molar-refractivity contribution in [2.45, 2.75) is 44.2 Å². The maximum atomic E-state index is 14.0. The summed E-state index contributed by atoms with van der Waals surface area (Å²) in [7, 11) is 0. The molecule has 0 aliphatic carbocycles. The predicted molar refractivity (Wildman–Crippen MR) is 97.0 cm³/mol. The first-order chi connectivity index (χ1) is 14.5. The number of aryl methyl sites for hydroxylation is 1. The summed E-state index contributed by atoms with van der Waals surface area (Å²) >= 11 is 0. The highest BCUT2D eigenvalue weighted by Crippen LogP contribution is 2.47. The van der Waals surface area contributed by atoms with Crippen molar-refractivity contribution in [1.29, 1.82) is 0 Å². The monoisotopic (exact) mass is 441 g/mol. The quantitative estimate of drug-likeness (QED) is 0.701. The first-order valence-electron chi connectivity index (χ1n) is 9.29. The van der Waals surface area contributed by atoms with Gasteiger partial charge in [-0.05, 0) is 37.5 Å². The van der Waals surface area contributed by atoms with E-state index in [2.05, 4.69) is 15.6 Å². The van der Waals surface area contributed by atoms with Crippen LogP contribution in [0.3, 0.4) is 0 Å². The van der Waals surface area contributed by atoms with Crippen molar-refractivity contribution in [2.24, 2.45) is 0 Å². The van der Waals surface area contributed by atoms with Gasteiger partial charge in [0.1, 0.15) is 23.4 Å². The van der Waals surface area contributed by atoms with E-state index in [1.54, 1.807) is 0 Å². The third kappa shape index (κ3) is 3.62. The Labute approximate surface area is 172 Å². The number of anilines is 1. The zero-order valence-corrected chi connectivity index (χ0v) is 16.1. The number of amides is 2. The lowest BCUT2D eigenvalue weighted by Crippen LogP contribution is -2.43. The van der Waals surface area contributed by atoms with E-state index in [0.717, 1.165) is 25.3 Å². The van der Waals surface area contributed by atoms with Crippen molar-refractivity contribution in [2.75, 3.05) is 5.32 Å². The Hall–Kier alpha value is -3.08. The van der Waals surface area contributed by atoms with Crippen molar-refractivity contribution in [3.05, 3.63) is 58.4 Å². The third-order valence-corrected chi connectivity index (χ3v) is 5.50. The number of rotatable bonds is 2. The summed E-state index contributed by atoms with van der Waals surface area (Å²) in [6, 6.07) is 1.58. The van der Waals surface area contributed by atoms with Gasteiger partial charge in [0.25, 0.3) is 5.91 Å². The molecule has 0 spiro atoms. The molecule has 0 saturated heterocycles. The fourth-order valence-electron chi connectivity index (χ4n) is 3.68. The highest BCUT2D eigenvalue weighted by molar-refractivity contribution is 6.01. The van der Waals surface area contributed by atoms with E-state index in [1.165, 1.54) is 0 Å². The van der Waals surface area contributed by atoms with E-state index in [0.29, 0.717) is 6.07 Å². The van der Waals surface area contributed by atoms with Crippen molar-refractivity contribution in [1.82, 2.24) is 10.3 Å². The number of nitrogens with zero attached hydrogens (tertiary/aromatic N) is 1. The topological polar surface area (TPSA) is 80.3 Å². The van der Waals surface area contributed by atoms with Gasteiger partial charge in [0.2, 0.25) is 5.91 Å². The van der Waals surface area contributed by atoms with Gasteiger partial charge in [0.15, 0.2) is 5.60 Å². The van der Waals surface area contributed by atoms with Gasteiger partial charge in [0, 0.05) is 23.4 Å². The van der Waals surface area contributed by atoms with Crippen LogP contribution in [0.1, 0.15) is 40.5 Å². The molecule has 2 N–H and O–H groups in total. The zero-order valence-electron chi connectivity index (χ0n) is 16.1. The summed E-state index contributed by atoms with van der Waals surface area (Å²) in [6.45, 7) is 0.565. The summed E-state index contributed by atoms with van der Waals surface area (Å²) in [6.07, 6.45) is -3.46. The molecule has 2 atom stereocenters. The molecule has 0 fully saturated rings. The normalized spacial score (nSPS) is 22.9. The molecule has 0 bridgehead atoms. The summed E-state index contributed by atoms with van der Waals surface area (Å²) in [5.41, 5.74) is -2.87. The number of carbonyl (C=O) groups is 2. The van der Waals surface area contributed by atoms with E-state index in [9.17, 15) is 31.5 Å². The van der Waals surface area contributed by atoms with Crippen LogP contribution in [0.15, 0.2) is 24.4 Å². The van der Waals surface area contributed by atoms with E-state index >= 15 is 0 Å². The Kier molecular flexibility index (Phi) is 4.95. The van der Waals surface area contributed by atoms with Gasteiger partial charge < -0.3 is 15.4 Å². The number of ether oxygens (including phenoxy) is 1. The van der Waals surface area contributed by atoms with Crippen molar-refractivity contribution >= 4 is 17.5 Å². The van der Waals surface area contributed by atoms with Gasteiger partial charge in [-0.15, -0.1) is 0 Å². The standard InChI is InChI=1S/C20H16F5N3O3/c1-19(20(23,24)25)12-6-15(26-7-10(12)8-31-19)18(30)27-14-3-2-9-4-11(21)5-13(22)16(9)28-17(14)29/h4-7,14H,2-3,8H2,1H3,(H,27,30)(H,28,29)/t14-,19+/m0/s1. The summed E-state index contributed by atoms with van der Waals surface area (Å²) in [5.74, 6) is -3.36. The maximum Gasteiger partial charge on any atom is 0.421 e. The Bertz CT molecular complexity index is 1090. The second-order valence-electron chi connectivity index (χ2n) is 7.52.